The first-order valence-corrected chi connectivity index (χ1v) is 8.26. The van der Waals surface area contributed by atoms with Gasteiger partial charge in [0.1, 0.15) is 5.82 Å². The van der Waals surface area contributed by atoms with Crippen molar-refractivity contribution in [3.05, 3.63) is 50.9 Å². The summed E-state index contributed by atoms with van der Waals surface area (Å²) >= 11 is 0. The highest BCUT2D eigenvalue weighted by molar-refractivity contribution is 6.01. The average Bonchev–Trinajstić information content (AvgIpc) is 3.26. The van der Waals surface area contributed by atoms with Crippen LogP contribution in [-0.2, 0) is 18.9 Å². The lowest BCUT2D eigenvalue weighted by atomic mass is 10.2. The summed E-state index contributed by atoms with van der Waals surface area (Å²) in [4.78, 5) is 35.9. The summed E-state index contributed by atoms with van der Waals surface area (Å²) in [5, 5.41) is 7.10. The second-order valence-electron chi connectivity index (χ2n) is 6.26. The van der Waals surface area contributed by atoms with Crippen LogP contribution in [0.5, 0.6) is 0 Å². The Hall–Kier alpha value is -2.90. The first-order valence-electron chi connectivity index (χ1n) is 8.26. The monoisotopic (exact) mass is 343 g/mol. The highest BCUT2D eigenvalue weighted by atomic mass is 16.2. The zero-order valence-corrected chi connectivity index (χ0v) is 14.3. The summed E-state index contributed by atoms with van der Waals surface area (Å²) in [5.41, 5.74) is -0.584. The number of carbonyl (C=O) groups excluding carboxylic acids is 1. The number of hydrogen-bond donors (Lipinski definition) is 1. The van der Waals surface area contributed by atoms with Gasteiger partial charge in [-0.3, -0.25) is 14.2 Å². The molecule has 132 valence electrons. The van der Waals surface area contributed by atoms with Crippen molar-refractivity contribution in [2.24, 2.45) is 14.1 Å². The fraction of sp³-hybridized carbons (Fsp3) is 0.412. The molecular weight excluding hydrogens is 322 g/mol. The van der Waals surface area contributed by atoms with Crippen LogP contribution in [0.15, 0.2) is 34.1 Å². The fourth-order valence-corrected chi connectivity index (χ4v) is 3.14. The highest BCUT2D eigenvalue weighted by Crippen LogP contribution is 2.31. The Morgan fingerprint density at radius 3 is 2.72 bits per heavy atom. The maximum Gasteiger partial charge on any atom is 0.330 e. The lowest BCUT2D eigenvalue weighted by molar-refractivity contribution is -0.111. The van der Waals surface area contributed by atoms with Crippen molar-refractivity contribution < 1.29 is 4.79 Å². The smallest absolute Gasteiger partial charge is 0.307 e. The van der Waals surface area contributed by atoms with E-state index in [1.165, 1.54) is 42.8 Å². The SMILES string of the molecule is Cn1cc(/C=C/C(=O)Nc2ccnn2C2CCCC2)c(=O)n(C)c1=O. The van der Waals surface area contributed by atoms with Crippen molar-refractivity contribution >= 4 is 17.8 Å². The maximum atomic E-state index is 12.2. The number of anilines is 1. The Bertz CT molecular complexity index is 928. The molecule has 3 rings (SSSR count). The number of amides is 1. The van der Waals surface area contributed by atoms with Crippen LogP contribution in [0.2, 0.25) is 0 Å². The molecule has 8 nitrogen and oxygen atoms in total. The van der Waals surface area contributed by atoms with Crippen LogP contribution in [-0.4, -0.2) is 24.8 Å². The van der Waals surface area contributed by atoms with Gasteiger partial charge in [0.2, 0.25) is 5.91 Å². The third-order valence-corrected chi connectivity index (χ3v) is 4.48. The molecule has 8 heteroatoms. The third-order valence-electron chi connectivity index (χ3n) is 4.48. The van der Waals surface area contributed by atoms with E-state index in [0.29, 0.717) is 11.9 Å². The lowest BCUT2D eigenvalue weighted by Crippen LogP contribution is -2.37. The van der Waals surface area contributed by atoms with E-state index in [-0.39, 0.29) is 11.5 Å². The summed E-state index contributed by atoms with van der Waals surface area (Å²) < 4.78 is 4.16. The molecule has 0 radical (unpaired) electrons. The van der Waals surface area contributed by atoms with Crippen LogP contribution >= 0.6 is 0 Å². The molecule has 0 unspecified atom stereocenters. The number of rotatable bonds is 4. The molecule has 2 heterocycles. The van der Waals surface area contributed by atoms with Crippen LogP contribution in [0.1, 0.15) is 37.3 Å². The minimum Gasteiger partial charge on any atom is -0.307 e. The first kappa shape index (κ1) is 16.9. The number of aromatic nitrogens is 4. The molecule has 1 amide bonds. The first-order chi connectivity index (χ1) is 12.0. The van der Waals surface area contributed by atoms with E-state index in [4.69, 9.17) is 0 Å². The van der Waals surface area contributed by atoms with Crippen molar-refractivity contribution in [2.45, 2.75) is 31.7 Å². The van der Waals surface area contributed by atoms with Gasteiger partial charge in [-0.15, -0.1) is 0 Å². The Morgan fingerprint density at radius 1 is 1.28 bits per heavy atom. The standard InChI is InChI=1S/C17H21N5O3/c1-20-11-12(16(24)21(2)17(20)25)7-8-15(23)19-14-9-10-18-22(14)13-5-3-4-6-13/h7-11,13H,3-6H2,1-2H3,(H,19,23)/b8-7+. The zero-order chi connectivity index (χ0) is 18.0. The quantitative estimate of drug-likeness (QED) is 0.840. The van der Waals surface area contributed by atoms with Crippen LogP contribution in [0, 0.1) is 0 Å². The third kappa shape index (κ3) is 3.47. The van der Waals surface area contributed by atoms with Gasteiger partial charge in [0.05, 0.1) is 17.8 Å². The van der Waals surface area contributed by atoms with Crippen molar-refractivity contribution in [3.63, 3.8) is 0 Å². The molecular formula is C17H21N5O3. The molecule has 0 bridgehead atoms. The molecule has 0 aromatic carbocycles. The Balaban J connectivity index is 1.76. The lowest BCUT2D eigenvalue weighted by Gasteiger charge is -2.13. The predicted molar refractivity (Wildman–Crippen MR) is 94.3 cm³/mol. The van der Waals surface area contributed by atoms with Gasteiger partial charge in [-0.05, 0) is 18.9 Å². The Morgan fingerprint density at radius 2 is 2.00 bits per heavy atom. The molecule has 0 aliphatic heterocycles. The van der Waals surface area contributed by atoms with Gasteiger partial charge in [-0.1, -0.05) is 12.8 Å². The summed E-state index contributed by atoms with van der Waals surface area (Å²) in [6.07, 6.45) is 10.3. The van der Waals surface area contributed by atoms with E-state index < -0.39 is 11.2 Å². The fourth-order valence-electron chi connectivity index (χ4n) is 3.14. The molecule has 1 N–H and O–H groups in total. The summed E-state index contributed by atoms with van der Waals surface area (Å²) in [6, 6.07) is 2.08. The molecule has 0 saturated heterocycles. The van der Waals surface area contributed by atoms with Crippen molar-refractivity contribution in [1.29, 1.82) is 0 Å². The minimum atomic E-state index is -0.442. The van der Waals surface area contributed by atoms with Crippen molar-refractivity contribution in [2.75, 3.05) is 5.32 Å². The van der Waals surface area contributed by atoms with Crippen molar-refractivity contribution in [3.8, 4) is 0 Å². The average molecular weight is 343 g/mol. The molecule has 1 fully saturated rings. The largest absolute Gasteiger partial charge is 0.330 e. The molecule has 25 heavy (non-hydrogen) atoms. The Labute approximate surface area is 144 Å². The second kappa shape index (κ2) is 6.92. The van der Waals surface area contributed by atoms with E-state index in [9.17, 15) is 14.4 Å². The van der Waals surface area contributed by atoms with Crippen LogP contribution in [0.3, 0.4) is 0 Å². The topological polar surface area (TPSA) is 90.9 Å². The van der Waals surface area contributed by atoms with Gasteiger partial charge in [0, 0.05) is 32.4 Å². The van der Waals surface area contributed by atoms with Gasteiger partial charge in [0.15, 0.2) is 0 Å². The van der Waals surface area contributed by atoms with E-state index >= 15 is 0 Å². The molecule has 2 aromatic rings. The number of nitrogens with one attached hydrogen (secondary N) is 1. The number of aryl methyl sites for hydroxylation is 1. The van der Waals surface area contributed by atoms with E-state index in [2.05, 4.69) is 10.4 Å². The maximum absolute atomic E-state index is 12.2. The predicted octanol–water partition coefficient (Wildman–Crippen LogP) is 1.05. The van der Waals surface area contributed by atoms with Gasteiger partial charge in [-0.2, -0.15) is 5.10 Å². The molecule has 1 saturated carbocycles. The molecule has 1 aliphatic carbocycles. The zero-order valence-electron chi connectivity index (χ0n) is 14.3. The summed E-state index contributed by atoms with van der Waals surface area (Å²) in [7, 11) is 2.96. The number of nitrogens with zero attached hydrogens (tertiary/aromatic N) is 4. The normalized spacial score (nSPS) is 15.1. The molecule has 0 atom stereocenters. The number of carbonyl (C=O) groups is 1. The Kier molecular flexibility index (Phi) is 4.69. The van der Waals surface area contributed by atoms with Crippen molar-refractivity contribution in [1.82, 2.24) is 18.9 Å². The molecule has 0 spiro atoms. The molecule has 1 aliphatic rings. The van der Waals surface area contributed by atoms with Crippen LogP contribution in [0.25, 0.3) is 6.08 Å². The van der Waals surface area contributed by atoms with Gasteiger partial charge < -0.3 is 9.88 Å². The van der Waals surface area contributed by atoms with E-state index in [0.717, 1.165) is 17.4 Å². The van der Waals surface area contributed by atoms with Gasteiger partial charge in [0.25, 0.3) is 5.56 Å². The highest BCUT2D eigenvalue weighted by Gasteiger charge is 2.20. The van der Waals surface area contributed by atoms with E-state index in [1.54, 1.807) is 19.3 Å². The molecule has 2 aromatic heterocycles. The van der Waals surface area contributed by atoms with Gasteiger partial charge >= 0.3 is 5.69 Å². The summed E-state index contributed by atoms with van der Waals surface area (Å²) in [5.74, 6) is 0.297. The van der Waals surface area contributed by atoms with Crippen LogP contribution in [0.4, 0.5) is 5.82 Å². The van der Waals surface area contributed by atoms with Crippen LogP contribution < -0.4 is 16.6 Å². The van der Waals surface area contributed by atoms with E-state index in [1.807, 2.05) is 4.68 Å². The minimum absolute atomic E-state index is 0.268. The second-order valence-corrected chi connectivity index (χ2v) is 6.26. The number of hydrogen-bond acceptors (Lipinski definition) is 4. The summed E-state index contributed by atoms with van der Waals surface area (Å²) in [6.45, 7) is 0. The van der Waals surface area contributed by atoms with Gasteiger partial charge in [-0.25, -0.2) is 9.48 Å².